The number of aryl methyl sites for hydroxylation is 1. The molecule has 0 spiro atoms. The standard InChI is InChI=1S/C15H17FN2O2S/c1-10-12(17)9-14(21-10)15(19)18(2)7-8-20-13-6-4-3-5-11(13)16/h3-6,9H,7-8,17H2,1-2H3. The smallest absolute Gasteiger partial charge is 0.263 e. The summed E-state index contributed by atoms with van der Waals surface area (Å²) < 4.78 is 18.7. The van der Waals surface area contributed by atoms with Gasteiger partial charge in [-0.05, 0) is 25.1 Å². The molecule has 1 aromatic carbocycles. The lowest BCUT2D eigenvalue weighted by Crippen LogP contribution is -2.30. The highest BCUT2D eigenvalue weighted by molar-refractivity contribution is 7.14. The fourth-order valence-electron chi connectivity index (χ4n) is 1.75. The molecule has 0 aliphatic carbocycles. The number of benzene rings is 1. The average Bonchev–Trinajstić information content (AvgIpc) is 2.80. The number of ether oxygens (including phenoxy) is 1. The van der Waals surface area contributed by atoms with E-state index in [-0.39, 0.29) is 18.3 Å². The fourth-order valence-corrected chi connectivity index (χ4v) is 2.68. The van der Waals surface area contributed by atoms with Gasteiger partial charge in [-0.15, -0.1) is 11.3 Å². The number of para-hydroxylation sites is 1. The number of amides is 1. The number of rotatable bonds is 5. The second-order valence-corrected chi connectivity index (χ2v) is 5.88. The third-order valence-electron chi connectivity index (χ3n) is 3.03. The van der Waals surface area contributed by atoms with Crippen LogP contribution in [0.15, 0.2) is 30.3 Å². The lowest BCUT2D eigenvalue weighted by Gasteiger charge is -2.16. The summed E-state index contributed by atoms with van der Waals surface area (Å²) in [6.45, 7) is 2.46. The van der Waals surface area contributed by atoms with Crippen molar-refractivity contribution >= 4 is 22.9 Å². The number of hydrogen-bond acceptors (Lipinski definition) is 4. The summed E-state index contributed by atoms with van der Waals surface area (Å²) in [7, 11) is 1.68. The lowest BCUT2D eigenvalue weighted by atomic mass is 10.3. The van der Waals surface area contributed by atoms with Crippen LogP contribution in [-0.2, 0) is 0 Å². The first-order valence-corrected chi connectivity index (χ1v) is 7.29. The third-order valence-corrected chi connectivity index (χ3v) is 4.09. The van der Waals surface area contributed by atoms with Gasteiger partial charge in [-0.25, -0.2) is 4.39 Å². The molecule has 112 valence electrons. The third kappa shape index (κ3) is 3.72. The van der Waals surface area contributed by atoms with Gasteiger partial charge >= 0.3 is 0 Å². The number of carbonyl (C=O) groups is 1. The summed E-state index contributed by atoms with van der Waals surface area (Å²) in [5.41, 5.74) is 6.37. The van der Waals surface area contributed by atoms with Crippen LogP contribution in [0.2, 0.25) is 0 Å². The van der Waals surface area contributed by atoms with Gasteiger partial charge in [-0.2, -0.15) is 0 Å². The molecule has 1 amide bonds. The van der Waals surface area contributed by atoms with Gasteiger partial charge in [0, 0.05) is 17.6 Å². The van der Waals surface area contributed by atoms with Crippen molar-refractivity contribution < 1.29 is 13.9 Å². The molecule has 0 bridgehead atoms. The molecule has 1 aromatic heterocycles. The summed E-state index contributed by atoms with van der Waals surface area (Å²) in [6.07, 6.45) is 0. The van der Waals surface area contributed by atoms with E-state index in [1.54, 1.807) is 31.3 Å². The number of nitrogen functional groups attached to an aromatic ring is 1. The van der Waals surface area contributed by atoms with E-state index in [4.69, 9.17) is 10.5 Å². The normalized spacial score (nSPS) is 10.4. The predicted molar refractivity (Wildman–Crippen MR) is 82.3 cm³/mol. The molecule has 2 N–H and O–H groups in total. The predicted octanol–water partition coefficient (Wildman–Crippen LogP) is 2.93. The number of nitrogens with two attached hydrogens (primary N) is 1. The lowest BCUT2D eigenvalue weighted by molar-refractivity contribution is 0.0777. The molecule has 4 nitrogen and oxygen atoms in total. The topological polar surface area (TPSA) is 55.6 Å². The summed E-state index contributed by atoms with van der Waals surface area (Å²) in [4.78, 5) is 15.2. The first kappa shape index (κ1) is 15.3. The van der Waals surface area contributed by atoms with E-state index in [1.165, 1.54) is 22.3 Å². The van der Waals surface area contributed by atoms with Gasteiger partial charge in [-0.1, -0.05) is 12.1 Å². The van der Waals surface area contributed by atoms with Crippen LogP contribution >= 0.6 is 11.3 Å². The molecule has 0 saturated carbocycles. The van der Waals surface area contributed by atoms with Crippen LogP contribution in [0.3, 0.4) is 0 Å². The molecular formula is C15H17FN2O2S. The number of carbonyl (C=O) groups excluding carboxylic acids is 1. The van der Waals surface area contributed by atoms with Gasteiger partial charge in [0.1, 0.15) is 6.61 Å². The van der Waals surface area contributed by atoms with E-state index >= 15 is 0 Å². The number of likely N-dealkylation sites (N-methyl/N-ethyl adjacent to an activating group) is 1. The monoisotopic (exact) mass is 308 g/mol. The molecule has 2 rings (SSSR count). The van der Waals surface area contributed by atoms with Gasteiger partial charge in [0.15, 0.2) is 11.6 Å². The molecule has 0 aliphatic heterocycles. The van der Waals surface area contributed by atoms with Crippen molar-refractivity contribution in [1.29, 1.82) is 0 Å². The summed E-state index contributed by atoms with van der Waals surface area (Å²) in [6, 6.07) is 7.87. The van der Waals surface area contributed by atoms with Crippen molar-refractivity contribution in [1.82, 2.24) is 4.90 Å². The molecule has 1 heterocycles. The maximum atomic E-state index is 13.4. The Labute approximate surface area is 126 Å². The average molecular weight is 308 g/mol. The van der Waals surface area contributed by atoms with Crippen LogP contribution < -0.4 is 10.5 Å². The van der Waals surface area contributed by atoms with Crippen molar-refractivity contribution in [2.75, 3.05) is 25.9 Å². The summed E-state index contributed by atoms with van der Waals surface area (Å²) in [5.74, 6) is -0.334. The van der Waals surface area contributed by atoms with Crippen molar-refractivity contribution in [2.45, 2.75) is 6.92 Å². The van der Waals surface area contributed by atoms with Gasteiger partial charge in [0.2, 0.25) is 0 Å². The Morgan fingerprint density at radius 1 is 1.43 bits per heavy atom. The highest BCUT2D eigenvalue weighted by Gasteiger charge is 2.15. The molecular weight excluding hydrogens is 291 g/mol. The number of anilines is 1. The first-order valence-electron chi connectivity index (χ1n) is 6.47. The van der Waals surface area contributed by atoms with Crippen molar-refractivity contribution in [3.05, 3.63) is 45.9 Å². The highest BCUT2D eigenvalue weighted by Crippen LogP contribution is 2.24. The second kappa shape index (κ2) is 6.58. The van der Waals surface area contributed by atoms with Crippen LogP contribution in [-0.4, -0.2) is 31.0 Å². The zero-order chi connectivity index (χ0) is 15.4. The van der Waals surface area contributed by atoms with Crippen LogP contribution in [0.5, 0.6) is 5.75 Å². The summed E-state index contributed by atoms with van der Waals surface area (Å²) in [5, 5.41) is 0. The minimum atomic E-state index is -0.409. The van der Waals surface area contributed by atoms with Gasteiger partial charge in [0.25, 0.3) is 5.91 Å². The molecule has 0 unspecified atom stereocenters. The second-order valence-electron chi connectivity index (χ2n) is 4.63. The van der Waals surface area contributed by atoms with E-state index < -0.39 is 5.82 Å². The minimum Gasteiger partial charge on any atom is -0.489 e. The number of halogens is 1. The zero-order valence-corrected chi connectivity index (χ0v) is 12.7. The maximum absolute atomic E-state index is 13.4. The molecule has 0 atom stereocenters. The number of nitrogens with zero attached hydrogens (tertiary/aromatic N) is 1. The Morgan fingerprint density at radius 3 is 2.76 bits per heavy atom. The molecule has 0 saturated heterocycles. The molecule has 6 heteroatoms. The van der Waals surface area contributed by atoms with E-state index in [9.17, 15) is 9.18 Å². The van der Waals surface area contributed by atoms with Crippen LogP contribution in [0, 0.1) is 12.7 Å². The Bertz CT molecular complexity index is 623. The Balaban J connectivity index is 1.88. The van der Waals surface area contributed by atoms with E-state index in [2.05, 4.69) is 0 Å². The highest BCUT2D eigenvalue weighted by atomic mass is 32.1. The van der Waals surface area contributed by atoms with E-state index in [0.717, 1.165) is 4.88 Å². The van der Waals surface area contributed by atoms with Crippen LogP contribution in [0.1, 0.15) is 14.5 Å². The van der Waals surface area contributed by atoms with Crippen molar-refractivity contribution in [3.8, 4) is 5.75 Å². The fraction of sp³-hybridized carbons (Fsp3) is 0.267. The van der Waals surface area contributed by atoms with Crippen molar-refractivity contribution in [2.24, 2.45) is 0 Å². The van der Waals surface area contributed by atoms with Gasteiger partial charge < -0.3 is 15.4 Å². The molecule has 21 heavy (non-hydrogen) atoms. The van der Waals surface area contributed by atoms with Gasteiger partial charge in [-0.3, -0.25) is 4.79 Å². The molecule has 0 radical (unpaired) electrons. The maximum Gasteiger partial charge on any atom is 0.263 e. The van der Waals surface area contributed by atoms with Crippen LogP contribution in [0.25, 0.3) is 0 Å². The number of hydrogen-bond donors (Lipinski definition) is 1. The van der Waals surface area contributed by atoms with Crippen molar-refractivity contribution in [3.63, 3.8) is 0 Å². The summed E-state index contributed by atoms with van der Waals surface area (Å²) >= 11 is 1.37. The Morgan fingerprint density at radius 2 is 2.14 bits per heavy atom. The van der Waals surface area contributed by atoms with E-state index in [0.29, 0.717) is 17.1 Å². The molecule has 2 aromatic rings. The van der Waals surface area contributed by atoms with E-state index in [1.807, 2.05) is 6.92 Å². The molecule has 0 aliphatic rings. The SMILES string of the molecule is Cc1sc(C(=O)N(C)CCOc2ccccc2F)cc1N. The Kier molecular flexibility index (Phi) is 4.80. The van der Waals surface area contributed by atoms with Crippen LogP contribution in [0.4, 0.5) is 10.1 Å². The first-order chi connectivity index (χ1) is 9.99. The minimum absolute atomic E-state index is 0.114. The Hall–Kier alpha value is -2.08. The quantitative estimate of drug-likeness (QED) is 0.924. The largest absolute Gasteiger partial charge is 0.489 e. The molecule has 0 fully saturated rings. The van der Waals surface area contributed by atoms with Gasteiger partial charge in [0.05, 0.1) is 11.4 Å². The zero-order valence-electron chi connectivity index (χ0n) is 11.9. The number of thiophene rings is 1.